The van der Waals surface area contributed by atoms with E-state index in [0.29, 0.717) is 24.4 Å². The highest BCUT2D eigenvalue weighted by Crippen LogP contribution is 2.27. The highest BCUT2D eigenvalue weighted by Gasteiger charge is 2.27. The summed E-state index contributed by atoms with van der Waals surface area (Å²) in [5.41, 5.74) is 0.941. The van der Waals surface area contributed by atoms with Crippen molar-refractivity contribution < 1.29 is 19.1 Å². The van der Waals surface area contributed by atoms with Crippen molar-refractivity contribution in [1.29, 1.82) is 0 Å². The molecule has 1 aliphatic rings. The molecule has 0 saturated heterocycles. The number of carbonyl (C=O) groups is 2. The number of aromatic nitrogens is 1. The minimum absolute atomic E-state index is 0.0116. The molecule has 0 radical (unpaired) electrons. The molecule has 0 bridgehead atoms. The Kier molecular flexibility index (Phi) is 7.03. The van der Waals surface area contributed by atoms with Gasteiger partial charge in [0.2, 0.25) is 0 Å². The van der Waals surface area contributed by atoms with Gasteiger partial charge in [-0.2, -0.15) is 0 Å². The first-order valence-corrected chi connectivity index (χ1v) is 10.6. The van der Waals surface area contributed by atoms with Crippen LogP contribution in [0, 0.1) is 0 Å². The van der Waals surface area contributed by atoms with Gasteiger partial charge in [-0.05, 0) is 44.0 Å². The molecule has 0 N–H and O–H groups in total. The zero-order valence-electron chi connectivity index (χ0n) is 16.3. The lowest BCUT2D eigenvalue weighted by molar-refractivity contribution is 0.0520. The summed E-state index contributed by atoms with van der Waals surface area (Å²) in [4.78, 5) is 31.5. The Labute approximate surface area is 169 Å². The number of hydrogen-bond donors (Lipinski definition) is 0. The number of hydrogen-bond acceptors (Lipinski definition) is 6. The van der Waals surface area contributed by atoms with E-state index in [1.54, 1.807) is 43.7 Å². The molecule has 1 aromatic carbocycles. The summed E-state index contributed by atoms with van der Waals surface area (Å²) in [6.45, 7) is 2.49. The van der Waals surface area contributed by atoms with Crippen LogP contribution in [-0.4, -0.2) is 41.5 Å². The van der Waals surface area contributed by atoms with E-state index in [4.69, 9.17) is 9.47 Å². The van der Waals surface area contributed by atoms with Crippen LogP contribution in [0.4, 0.5) is 0 Å². The molecule has 1 amide bonds. The van der Waals surface area contributed by atoms with Crippen LogP contribution in [0.3, 0.4) is 0 Å². The fourth-order valence-corrected chi connectivity index (χ4v) is 4.25. The second-order valence-corrected chi connectivity index (χ2v) is 7.74. The van der Waals surface area contributed by atoms with Crippen molar-refractivity contribution in [2.75, 3.05) is 13.7 Å². The van der Waals surface area contributed by atoms with E-state index in [2.05, 4.69) is 4.98 Å². The molecule has 7 heteroatoms. The summed E-state index contributed by atoms with van der Waals surface area (Å²) in [5.74, 6) is 0.290. The molecule has 1 fully saturated rings. The Morgan fingerprint density at radius 3 is 2.54 bits per heavy atom. The average Bonchev–Trinajstić information content (AvgIpc) is 3.21. The SMILES string of the molecule is CCOC(=O)c1csc(CN(C(=O)c2ccc(OC)cc2)C2CCCCC2)n1. The summed E-state index contributed by atoms with van der Waals surface area (Å²) in [6, 6.07) is 7.38. The zero-order valence-corrected chi connectivity index (χ0v) is 17.2. The molecule has 150 valence electrons. The summed E-state index contributed by atoms with van der Waals surface area (Å²) < 4.78 is 10.2. The van der Waals surface area contributed by atoms with Gasteiger partial charge in [0, 0.05) is 17.0 Å². The largest absolute Gasteiger partial charge is 0.497 e. The van der Waals surface area contributed by atoms with Crippen LogP contribution in [0.5, 0.6) is 5.75 Å². The molecule has 0 aliphatic heterocycles. The van der Waals surface area contributed by atoms with E-state index in [-0.39, 0.29) is 11.9 Å². The standard InChI is InChI=1S/C21H26N2O4S/c1-3-27-21(25)18-14-28-19(22-18)13-23(16-7-5-4-6-8-16)20(24)15-9-11-17(26-2)12-10-15/h9-12,14,16H,3-8,13H2,1-2H3. The Bertz CT molecular complexity index is 797. The summed E-state index contributed by atoms with van der Waals surface area (Å²) in [7, 11) is 1.61. The minimum atomic E-state index is -0.421. The van der Waals surface area contributed by atoms with Crippen molar-refractivity contribution in [1.82, 2.24) is 9.88 Å². The Balaban J connectivity index is 1.80. The fraction of sp³-hybridized carbons (Fsp3) is 0.476. The normalized spacial score (nSPS) is 14.5. The molecule has 6 nitrogen and oxygen atoms in total. The van der Waals surface area contributed by atoms with Crippen molar-refractivity contribution in [3.05, 3.63) is 45.9 Å². The molecule has 1 heterocycles. The van der Waals surface area contributed by atoms with Gasteiger partial charge in [0.15, 0.2) is 5.69 Å². The van der Waals surface area contributed by atoms with Gasteiger partial charge >= 0.3 is 5.97 Å². The first kappa shape index (κ1) is 20.3. The minimum Gasteiger partial charge on any atom is -0.497 e. The van der Waals surface area contributed by atoms with Crippen LogP contribution < -0.4 is 4.74 Å². The monoisotopic (exact) mass is 402 g/mol. The predicted octanol–water partition coefficient (Wildman–Crippen LogP) is 4.30. The summed E-state index contributed by atoms with van der Waals surface area (Å²) >= 11 is 1.39. The molecule has 0 spiro atoms. The molecule has 1 aromatic heterocycles. The van der Waals surface area contributed by atoms with E-state index < -0.39 is 5.97 Å². The number of rotatable bonds is 7. The second kappa shape index (κ2) is 9.68. The van der Waals surface area contributed by atoms with Gasteiger partial charge in [0.1, 0.15) is 10.8 Å². The van der Waals surface area contributed by atoms with E-state index in [9.17, 15) is 9.59 Å². The Hall–Kier alpha value is -2.41. The number of thiazole rings is 1. The lowest BCUT2D eigenvalue weighted by Crippen LogP contribution is -2.41. The van der Waals surface area contributed by atoms with Gasteiger partial charge in [-0.3, -0.25) is 4.79 Å². The maximum Gasteiger partial charge on any atom is 0.357 e. The smallest absolute Gasteiger partial charge is 0.357 e. The van der Waals surface area contributed by atoms with Gasteiger partial charge in [-0.15, -0.1) is 11.3 Å². The third-order valence-electron chi connectivity index (χ3n) is 4.96. The van der Waals surface area contributed by atoms with Crippen molar-refractivity contribution in [2.24, 2.45) is 0 Å². The Morgan fingerprint density at radius 2 is 1.89 bits per heavy atom. The zero-order chi connectivity index (χ0) is 19.9. The van der Waals surface area contributed by atoms with Gasteiger partial charge < -0.3 is 14.4 Å². The first-order chi connectivity index (χ1) is 13.6. The molecular formula is C21H26N2O4S. The lowest BCUT2D eigenvalue weighted by Gasteiger charge is -2.34. The highest BCUT2D eigenvalue weighted by molar-refractivity contribution is 7.09. The van der Waals surface area contributed by atoms with Crippen LogP contribution in [0.15, 0.2) is 29.6 Å². The molecule has 0 atom stereocenters. The van der Waals surface area contributed by atoms with Crippen molar-refractivity contribution in [3.8, 4) is 5.75 Å². The van der Waals surface area contributed by atoms with Gasteiger partial charge in [0.05, 0.1) is 20.3 Å². The van der Waals surface area contributed by atoms with Crippen LogP contribution in [-0.2, 0) is 11.3 Å². The topological polar surface area (TPSA) is 68.7 Å². The molecule has 3 rings (SSSR count). The van der Waals surface area contributed by atoms with E-state index in [0.717, 1.165) is 36.4 Å². The van der Waals surface area contributed by atoms with Gasteiger partial charge in [-0.1, -0.05) is 19.3 Å². The van der Waals surface area contributed by atoms with E-state index in [1.165, 1.54) is 17.8 Å². The van der Waals surface area contributed by atoms with Crippen LogP contribution >= 0.6 is 11.3 Å². The number of carbonyl (C=O) groups excluding carboxylic acids is 2. The molecule has 2 aromatic rings. The number of amides is 1. The van der Waals surface area contributed by atoms with Crippen LogP contribution in [0.1, 0.15) is 64.9 Å². The maximum absolute atomic E-state index is 13.3. The molecule has 1 aliphatic carbocycles. The first-order valence-electron chi connectivity index (χ1n) is 9.69. The number of methoxy groups -OCH3 is 1. The molecule has 28 heavy (non-hydrogen) atoms. The average molecular weight is 403 g/mol. The number of nitrogens with zero attached hydrogens (tertiary/aromatic N) is 2. The number of benzene rings is 1. The predicted molar refractivity (Wildman–Crippen MR) is 108 cm³/mol. The maximum atomic E-state index is 13.3. The van der Waals surface area contributed by atoms with E-state index in [1.807, 2.05) is 4.90 Å². The van der Waals surface area contributed by atoms with Crippen LogP contribution in [0.2, 0.25) is 0 Å². The van der Waals surface area contributed by atoms with Crippen molar-refractivity contribution in [2.45, 2.75) is 51.6 Å². The van der Waals surface area contributed by atoms with Gasteiger partial charge in [0.25, 0.3) is 5.91 Å². The van der Waals surface area contributed by atoms with Gasteiger partial charge in [-0.25, -0.2) is 9.78 Å². The van der Waals surface area contributed by atoms with Crippen LogP contribution in [0.25, 0.3) is 0 Å². The summed E-state index contributed by atoms with van der Waals surface area (Å²) in [6.07, 6.45) is 5.47. The molecule has 1 saturated carbocycles. The third kappa shape index (κ3) is 4.90. The summed E-state index contributed by atoms with van der Waals surface area (Å²) in [5, 5.41) is 2.44. The number of ether oxygens (including phenoxy) is 2. The highest BCUT2D eigenvalue weighted by atomic mass is 32.1. The van der Waals surface area contributed by atoms with E-state index >= 15 is 0 Å². The fourth-order valence-electron chi connectivity index (χ4n) is 3.49. The number of esters is 1. The molecule has 0 unspecified atom stereocenters. The lowest BCUT2D eigenvalue weighted by atomic mass is 9.93. The van der Waals surface area contributed by atoms with Crippen molar-refractivity contribution in [3.63, 3.8) is 0 Å². The third-order valence-corrected chi connectivity index (χ3v) is 5.79. The quantitative estimate of drug-likeness (QED) is 0.646. The van der Waals surface area contributed by atoms with Crippen molar-refractivity contribution >= 4 is 23.2 Å². The second-order valence-electron chi connectivity index (χ2n) is 6.80. The Morgan fingerprint density at radius 1 is 1.18 bits per heavy atom. The molecular weight excluding hydrogens is 376 g/mol.